The molecular formula is C24H44O4. The van der Waals surface area contributed by atoms with Gasteiger partial charge in [-0.25, -0.2) is 0 Å². The van der Waals surface area contributed by atoms with Crippen molar-refractivity contribution in [1.29, 1.82) is 0 Å². The second-order valence-electron chi connectivity index (χ2n) is 8.37. The van der Waals surface area contributed by atoms with E-state index in [1.807, 2.05) is 13.8 Å². The third kappa shape index (κ3) is 9.56. The lowest BCUT2D eigenvalue weighted by Gasteiger charge is -2.18. The van der Waals surface area contributed by atoms with Crippen LogP contribution in [0, 0.1) is 11.8 Å². The Labute approximate surface area is 172 Å². The van der Waals surface area contributed by atoms with Crippen LogP contribution >= 0.6 is 0 Å². The lowest BCUT2D eigenvalue weighted by molar-refractivity contribution is -0.148. The van der Waals surface area contributed by atoms with Gasteiger partial charge in [0.25, 0.3) is 0 Å². The molecule has 0 spiro atoms. The number of rotatable bonds is 15. The van der Waals surface area contributed by atoms with Gasteiger partial charge in [0.1, 0.15) is 0 Å². The molecule has 2 unspecified atom stereocenters. The van der Waals surface area contributed by atoms with E-state index in [-0.39, 0.29) is 30.0 Å². The number of carbonyl (C=O) groups is 1. The molecule has 0 radical (unpaired) electrons. The maximum absolute atomic E-state index is 11.9. The SMILES string of the molecule is CCCCCC(O)CC=C1CC[C@@H](O)[C@@H]1CCCCCC(CC)C(=O)OCC. The zero-order chi connectivity index (χ0) is 20.8. The Morgan fingerprint density at radius 1 is 1.14 bits per heavy atom. The molecule has 1 aliphatic rings. The minimum Gasteiger partial charge on any atom is -0.466 e. The highest BCUT2D eigenvalue weighted by atomic mass is 16.5. The van der Waals surface area contributed by atoms with Crippen LogP contribution in [0.4, 0.5) is 0 Å². The van der Waals surface area contributed by atoms with Crippen LogP contribution in [0.1, 0.15) is 104 Å². The first-order valence-corrected chi connectivity index (χ1v) is 11.7. The topological polar surface area (TPSA) is 66.8 Å². The molecule has 1 rings (SSSR count). The molecule has 4 heteroatoms. The number of aliphatic hydroxyl groups is 2. The molecule has 1 fully saturated rings. The molecule has 1 aliphatic carbocycles. The lowest BCUT2D eigenvalue weighted by atomic mass is 9.91. The van der Waals surface area contributed by atoms with E-state index in [1.54, 1.807) is 0 Å². The van der Waals surface area contributed by atoms with E-state index in [1.165, 1.54) is 18.4 Å². The first-order chi connectivity index (χ1) is 13.5. The molecule has 28 heavy (non-hydrogen) atoms. The maximum Gasteiger partial charge on any atom is 0.308 e. The summed E-state index contributed by atoms with van der Waals surface area (Å²) in [7, 11) is 0. The van der Waals surface area contributed by atoms with Crippen molar-refractivity contribution in [2.45, 2.75) is 116 Å². The van der Waals surface area contributed by atoms with Crippen molar-refractivity contribution >= 4 is 5.97 Å². The number of ether oxygens (including phenoxy) is 1. The van der Waals surface area contributed by atoms with Crippen molar-refractivity contribution in [3.8, 4) is 0 Å². The fourth-order valence-corrected chi connectivity index (χ4v) is 4.30. The molecule has 164 valence electrons. The zero-order valence-electron chi connectivity index (χ0n) is 18.5. The summed E-state index contributed by atoms with van der Waals surface area (Å²) in [6, 6.07) is 0. The lowest BCUT2D eigenvalue weighted by Crippen LogP contribution is -2.17. The molecule has 0 bridgehead atoms. The smallest absolute Gasteiger partial charge is 0.308 e. The predicted molar refractivity (Wildman–Crippen MR) is 115 cm³/mol. The van der Waals surface area contributed by atoms with Crippen molar-refractivity contribution in [2.75, 3.05) is 6.61 Å². The largest absolute Gasteiger partial charge is 0.466 e. The minimum absolute atomic E-state index is 0.0293. The molecule has 0 aliphatic heterocycles. The summed E-state index contributed by atoms with van der Waals surface area (Å²) >= 11 is 0. The van der Waals surface area contributed by atoms with E-state index < -0.39 is 0 Å². The second-order valence-corrected chi connectivity index (χ2v) is 8.37. The van der Waals surface area contributed by atoms with Crippen LogP contribution in [0.2, 0.25) is 0 Å². The highest BCUT2D eigenvalue weighted by Crippen LogP contribution is 2.36. The van der Waals surface area contributed by atoms with E-state index in [0.29, 0.717) is 6.61 Å². The molecule has 0 heterocycles. The van der Waals surface area contributed by atoms with Crippen molar-refractivity contribution in [3.63, 3.8) is 0 Å². The van der Waals surface area contributed by atoms with Gasteiger partial charge in [0.2, 0.25) is 0 Å². The van der Waals surface area contributed by atoms with Crippen LogP contribution in [-0.4, -0.2) is 35.0 Å². The van der Waals surface area contributed by atoms with E-state index in [4.69, 9.17) is 4.74 Å². The van der Waals surface area contributed by atoms with Gasteiger partial charge in [0, 0.05) is 5.92 Å². The Balaban J connectivity index is 2.32. The Kier molecular flexibility index (Phi) is 13.5. The number of unbranched alkanes of at least 4 members (excludes halogenated alkanes) is 4. The molecule has 4 atom stereocenters. The van der Waals surface area contributed by atoms with E-state index in [9.17, 15) is 15.0 Å². The van der Waals surface area contributed by atoms with Crippen LogP contribution < -0.4 is 0 Å². The summed E-state index contributed by atoms with van der Waals surface area (Å²) in [4.78, 5) is 11.9. The molecule has 0 aromatic carbocycles. The molecule has 0 amide bonds. The highest BCUT2D eigenvalue weighted by molar-refractivity contribution is 5.72. The summed E-state index contributed by atoms with van der Waals surface area (Å²) in [5.74, 6) is 0.232. The fraction of sp³-hybridized carbons (Fsp3) is 0.875. The Morgan fingerprint density at radius 3 is 2.57 bits per heavy atom. The monoisotopic (exact) mass is 396 g/mol. The van der Waals surface area contributed by atoms with Gasteiger partial charge < -0.3 is 14.9 Å². The molecule has 4 nitrogen and oxygen atoms in total. The van der Waals surface area contributed by atoms with Gasteiger partial charge in [-0.3, -0.25) is 4.79 Å². The van der Waals surface area contributed by atoms with E-state index in [2.05, 4.69) is 13.0 Å². The number of hydrogen-bond acceptors (Lipinski definition) is 4. The van der Waals surface area contributed by atoms with Crippen LogP contribution in [0.25, 0.3) is 0 Å². The quantitative estimate of drug-likeness (QED) is 0.216. The molecule has 1 saturated carbocycles. The van der Waals surface area contributed by atoms with Crippen molar-refractivity contribution < 1.29 is 19.7 Å². The van der Waals surface area contributed by atoms with Gasteiger partial charge in [-0.2, -0.15) is 0 Å². The summed E-state index contributed by atoms with van der Waals surface area (Å²) in [6.45, 7) is 6.53. The fourth-order valence-electron chi connectivity index (χ4n) is 4.30. The molecule has 2 N–H and O–H groups in total. The molecule has 0 saturated heterocycles. The van der Waals surface area contributed by atoms with Crippen LogP contribution in [0.3, 0.4) is 0 Å². The van der Waals surface area contributed by atoms with Gasteiger partial charge in [-0.1, -0.05) is 64.0 Å². The van der Waals surface area contributed by atoms with Crippen LogP contribution in [-0.2, 0) is 9.53 Å². The van der Waals surface area contributed by atoms with Crippen LogP contribution in [0.15, 0.2) is 11.6 Å². The molecule has 0 aromatic rings. The van der Waals surface area contributed by atoms with Crippen LogP contribution in [0.5, 0.6) is 0 Å². The number of esters is 1. The number of hydrogen-bond donors (Lipinski definition) is 2. The van der Waals surface area contributed by atoms with Crippen molar-refractivity contribution in [2.24, 2.45) is 11.8 Å². The Morgan fingerprint density at radius 2 is 1.89 bits per heavy atom. The third-order valence-corrected chi connectivity index (χ3v) is 6.14. The van der Waals surface area contributed by atoms with Gasteiger partial charge >= 0.3 is 5.97 Å². The highest BCUT2D eigenvalue weighted by Gasteiger charge is 2.29. The normalized spacial score (nSPS) is 23.1. The van der Waals surface area contributed by atoms with Crippen molar-refractivity contribution in [3.05, 3.63) is 11.6 Å². The molecule has 0 aromatic heterocycles. The summed E-state index contributed by atoms with van der Waals surface area (Å²) in [5, 5.41) is 20.5. The summed E-state index contributed by atoms with van der Waals surface area (Å²) in [6.07, 6.45) is 14.6. The van der Waals surface area contributed by atoms with E-state index >= 15 is 0 Å². The average molecular weight is 397 g/mol. The average Bonchev–Trinajstić information content (AvgIpc) is 3.03. The van der Waals surface area contributed by atoms with E-state index in [0.717, 1.165) is 70.6 Å². The first-order valence-electron chi connectivity index (χ1n) is 11.7. The maximum atomic E-state index is 11.9. The summed E-state index contributed by atoms with van der Waals surface area (Å²) < 4.78 is 5.14. The van der Waals surface area contributed by atoms with Gasteiger partial charge in [-0.05, 0) is 51.9 Å². The predicted octanol–water partition coefficient (Wildman–Crippen LogP) is 5.55. The minimum atomic E-state index is -0.244. The van der Waals surface area contributed by atoms with Gasteiger partial charge in [0.05, 0.1) is 24.7 Å². The number of aliphatic hydroxyl groups excluding tert-OH is 2. The van der Waals surface area contributed by atoms with Gasteiger partial charge in [-0.15, -0.1) is 0 Å². The van der Waals surface area contributed by atoms with Gasteiger partial charge in [0.15, 0.2) is 0 Å². The van der Waals surface area contributed by atoms with Crippen molar-refractivity contribution in [1.82, 2.24) is 0 Å². The standard InChI is InChI=1S/C24H44O4/c1-4-7-9-13-21(25)17-15-20-16-18-23(26)22(20)14-11-8-10-12-19(5-2)24(27)28-6-3/h15,19,21-23,25-26H,4-14,16-18H2,1-3H3/t19?,21?,22-,23-/m1/s1. The Hall–Kier alpha value is -0.870. The Bertz CT molecular complexity index is 446. The molecular weight excluding hydrogens is 352 g/mol. The summed E-state index contributed by atoms with van der Waals surface area (Å²) in [5.41, 5.74) is 1.35. The second kappa shape index (κ2) is 15.0. The number of carbonyl (C=O) groups excluding carboxylic acids is 1. The third-order valence-electron chi connectivity index (χ3n) is 6.14. The zero-order valence-corrected chi connectivity index (χ0v) is 18.5. The first kappa shape index (κ1) is 25.2.